The van der Waals surface area contributed by atoms with Crippen LogP contribution in [0, 0.1) is 0 Å². The minimum absolute atomic E-state index is 0.846. The fourth-order valence-corrected chi connectivity index (χ4v) is 0.591. The topological polar surface area (TPSA) is 75.3 Å². The number of alkyl halides is 3. The number of hydrazine groups is 1. The minimum Gasteiger partial charge on any atom is -0.278 e. The molecule has 0 fully saturated rings. The van der Waals surface area contributed by atoms with Gasteiger partial charge in [0.1, 0.15) is 0 Å². The number of rotatable bonds is 2. The van der Waals surface area contributed by atoms with Gasteiger partial charge in [-0.05, 0) is 0 Å². The summed E-state index contributed by atoms with van der Waals surface area (Å²) < 4.78 is 54.7. The molecule has 0 rings (SSSR count). The zero-order chi connectivity index (χ0) is 9.99. The van der Waals surface area contributed by atoms with E-state index < -0.39 is 21.4 Å². The Morgan fingerprint density at radius 1 is 1.33 bits per heavy atom. The van der Waals surface area contributed by atoms with Crippen molar-refractivity contribution in [2.75, 3.05) is 0 Å². The second-order valence-electron chi connectivity index (χ2n) is 1.73. The molecule has 0 aromatic heterocycles. The Morgan fingerprint density at radius 2 is 1.75 bits per heavy atom. The van der Waals surface area contributed by atoms with Crippen molar-refractivity contribution < 1.29 is 26.4 Å². The molecule has 9 heteroatoms. The Kier molecular flexibility index (Phi) is 3.04. The molecule has 0 bridgehead atoms. The van der Waals surface area contributed by atoms with Crippen LogP contribution in [0.3, 0.4) is 0 Å². The Hall–Kier alpha value is -0.830. The molecule has 0 atom stereocenters. The molecule has 0 aromatic rings. The first-order chi connectivity index (χ1) is 5.17. The molecule has 0 aliphatic heterocycles. The summed E-state index contributed by atoms with van der Waals surface area (Å²) in [6.45, 7) is 0.860. The van der Waals surface area contributed by atoms with Crippen molar-refractivity contribution in [2.45, 2.75) is 12.4 Å². The number of carbonyl (C=O) groups excluding carboxylic acids is 1. The summed E-state index contributed by atoms with van der Waals surface area (Å²) in [5, 5.41) is 0. The highest BCUT2D eigenvalue weighted by molar-refractivity contribution is 7.90. The standard InChI is InChI=1S/C3H5F3N2O3S/c1-2(9)7-8-12(10,11)3(4,5)6/h8H,1H3,(H,7,9). The number of halogens is 3. The van der Waals surface area contributed by atoms with Gasteiger partial charge in [-0.25, -0.2) is 8.42 Å². The molecule has 2 N–H and O–H groups in total. The number of sulfonamides is 1. The molecule has 0 saturated carbocycles. The van der Waals surface area contributed by atoms with Crippen molar-refractivity contribution in [1.82, 2.24) is 10.3 Å². The fraction of sp³-hybridized carbons (Fsp3) is 0.667. The lowest BCUT2D eigenvalue weighted by atomic mass is 10.8. The zero-order valence-corrected chi connectivity index (χ0v) is 6.58. The Morgan fingerprint density at radius 3 is 2.00 bits per heavy atom. The van der Waals surface area contributed by atoms with E-state index in [0.29, 0.717) is 0 Å². The number of amides is 1. The Bertz CT molecular complexity index is 269. The maximum Gasteiger partial charge on any atom is 0.513 e. The van der Waals surface area contributed by atoms with Gasteiger partial charge >= 0.3 is 15.5 Å². The summed E-state index contributed by atoms with van der Waals surface area (Å²) in [6, 6.07) is 0. The van der Waals surface area contributed by atoms with E-state index in [9.17, 15) is 26.4 Å². The molecule has 1 amide bonds. The molecule has 0 radical (unpaired) electrons. The van der Waals surface area contributed by atoms with Crippen LogP contribution >= 0.6 is 0 Å². The van der Waals surface area contributed by atoms with Crippen molar-refractivity contribution in [3.05, 3.63) is 0 Å². The van der Waals surface area contributed by atoms with Gasteiger partial charge in [-0.15, -0.1) is 4.83 Å². The molecule has 12 heavy (non-hydrogen) atoms. The van der Waals surface area contributed by atoms with Crippen molar-refractivity contribution in [3.8, 4) is 0 Å². The van der Waals surface area contributed by atoms with Crippen LogP contribution in [0.15, 0.2) is 0 Å². The monoisotopic (exact) mass is 206 g/mol. The van der Waals surface area contributed by atoms with Gasteiger partial charge in [0.25, 0.3) is 0 Å². The van der Waals surface area contributed by atoms with Crippen molar-refractivity contribution in [2.24, 2.45) is 0 Å². The Labute approximate surface area is 66.0 Å². The molecule has 0 unspecified atom stereocenters. The number of hydrogen-bond donors (Lipinski definition) is 2. The molecule has 0 aliphatic rings. The first-order valence-electron chi connectivity index (χ1n) is 2.51. The van der Waals surface area contributed by atoms with Crippen LogP contribution in [0.25, 0.3) is 0 Å². The molecule has 0 heterocycles. The van der Waals surface area contributed by atoms with Crippen LogP contribution in [0.1, 0.15) is 6.92 Å². The van der Waals surface area contributed by atoms with E-state index in [1.807, 2.05) is 0 Å². The molecule has 0 aromatic carbocycles. The third kappa shape index (κ3) is 3.05. The van der Waals surface area contributed by atoms with Gasteiger partial charge in [-0.2, -0.15) is 13.2 Å². The van der Waals surface area contributed by atoms with Crippen LogP contribution in [-0.2, 0) is 14.8 Å². The van der Waals surface area contributed by atoms with Crippen LogP contribution in [0.5, 0.6) is 0 Å². The van der Waals surface area contributed by atoms with Crippen molar-refractivity contribution in [1.29, 1.82) is 0 Å². The van der Waals surface area contributed by atoms with E-state index in [2.05, 4.69) is 0 Å². The van der Waals surface area contributed by atoms with E-state index >= 15 is 0 Å². The van der Waals surface area contributed by atoms with Crippen molar-refractivity contribution in [3.63, 3.8) is 0 Å². The predicted molar refractivity (Wildman–Crippen MR) is 31.9 cm³/mol. The SMILES string of the molecule is CC(=O)NNS(=O)(=O)C(F)(F)F. The van der Waals surface area contributed by atoms with Gasteiger partial charge in [0.05, 0.1) is 0 Å². The maximum absolute atomic E-state index is 11.5. The third-order valence-corrected chi connectivity index (χ3v) is 1.65. The van der Waals surface area contributed by atoms with E-state index in [-0.39, 0.29) is 0 Å². The molecule has 5 nitrogen and oxygen atoms in total. The highest BCUT2D eigenvalue weighted by atomic mass is 32.2. The van der Waals surface area contributed by atoms with E-state index in [0.717, 1.165) is 11.8 Å². The summed E-state index contributed by atoms with van der Waals surface area (Å²) in [5.41, 5.74) is -4.13. The molecular formula is C3H5F3N2O3S. The highest BCUT2D eigenvalue weighted by Gasteiger charge is 2.46. The maximum atomic E-state index is 11.5. The average Bonchev–Trinajstić information content (AvgIpc) is 1.81. The van der Waals surface area contributed by atoms with Gasteiger partial charge in [-0.1, -0.05) is 0 Å². The summed E-state index contributed by atoms with van der Waals surface area (Å²) in [7, 11) is -5.47. The second kappa shape index (κ2) is 3.27. The van der Waals surface area contributed by atoms with Gasteiger partial charge in [0.15, 0.2) is 0 Å². The quantitative estimate of drug-likeness (QED) is 0.597. The van der Waals surface area contributed by atoms with Gasteiger partial charge in [-0.3, -0.25) is 10.2 Å². The number of carbonyl (C=O) groups is 1. The first kappa shape index (κ1) is 11.2. The lowest BCUT2D eigenvalue weighted by Crippen LogP contribution is -2.46. The van der Waals surface area contributed by atoms with Crippen LogP contribution in [0.4, 0.5) is 13.2 Å². The second-order valence-corrected chi connectivity index (χ2v) is 3.41. The molecule has 0 aliphatic carbocycles. The molecule has 0 spiro atoms. The summed E-state index contributed by atoms with van der Waals surface area (Å²) in [5.74, 6) is -0.942. The largest absolute Gasteiger partial charge is 0.513 e. The first-order valence-corrected chi connectivity index (χ1v) is 4.00. The average molecular weight is 206 g/mol. The lowest BCUT2D eigenvalue weighted by molar-refractivity contribution is -0.119. The van der Waals surface area contributed by atoms with Crippen molar-refractivity contribution >= 4 is 15.9 Å². The lowest BCUT2D eigenvalue weighted by Gasteiger charge is -2.08. The normalized spacial score (nSPS) is 12.7. The summed E-state index contributed by atoms with van der Waals surface area (Å²) >= 11 is 0. The third-order valence-electron chi connectivity index (χ3n) is 0.666. The van der Waals surface area contributed by atoms with Crippen LogP contribution < -0.4 is 10.3 Å². The fourth-order valence-electron chi connectivity index (χ4n) is 0.197. The molecule has 0 saturated heterocycles. The summed E-state index contributed by atoms with van der Waals surface area (Å²) in [4.78, 5) is 10.9. The van der Waals surface area contributed by atoms with Gasteiger partial charge < -0.3 is 0 Å². The van der Waals surface area contributed by atoms with Gasteiger partial charge in [0.2, 0.25) is 5.91 Å². The smallest absolute Gasteiger partial charge is 0.278 e. The van der Waals surface area contributed by atoms with E-state index in [1.54, 1.807) is 0 Å². The van der Waals surface area contributed by atoms with E-state index in [1.165, 1.54) is 5.43 Å². The van der Waals surface area contributed by atoms with Gasteiger partial charge in [0, 0.05) is 6.92 Å². The Balaban J connectivity index is 4.37. The van der Waals surface area contributed by atoms with Crippen LogP contribution in [-0.4, -0.2) is 19.8 Å². The van der Waals surface area contributed by atoms with E-state index in [4.69, 9.17) is 0 Å². The number of nitrogens with one attached hydrogen (secondary N) is 2. The molecular weight excluding hydrogens is 201 g/mol. The number of hydrogen-bond acceptors (Lipinski definition) is 3. The summed E-state index contributed by atoms with van der Waals surface area (Å²) in [6.07, 6.45) is 0. The highest BCUT2D eigenvalue weighted by Crippen LogP contribution is 2.20. The zero-order valence-electron chi connectivity index (χ0n) is 5.77. The minimum atomic E-state index is -5.47. The van der Waals surface area contributed by atoms with Crippen LogP contribution in [0.2, 0.25) is 0 Å². The predicted octanol–water partition coefficient (Wildman–Crippen LogP) is -0.523. The molecule has 72 valence electrons.